The Morgan fingerprint density at radius 3 is 2.26 bits per heavy atom. The topological polar surface area (TPSA) is 57.7 Å². The van der Waals surface area contributed by atoms with Crippen molar-refractivity contribution in [3.05, 3.63) is 22.9 Å². The molecule has 1 fully saturated rings. The van der Waals surface area contributed by atoms with Crippen molar-refractivity contribution in [2.45, 2.75) is 73.1 Å². The lowest BCUT2D eigenvalue weighted by Gasteiger charge is -2.37. The van der Waals surface area contributed by atoms with Gasteiger partial charge in [0.15, 0.2) is 0 Å². The molecule has 1 saturated heterocycles. The molecule has 1 atom stereocenters. The average molecular weight is 377 g/mol. The summed E-state index contributed by atoms with van der Waals surface area (Å²) in [5, 5.41) is 3.59. The second-order valence-electron chi connectivity index (χ2n) is 8.80. The van der Waals surface area contributed by atoms with E-state index >= 15 is 0 Å². The first kappa shape index (κ1) is 21.5. The highest BCUT2D eigenvalue weighted by Crippen LogP contribution is 2.28. The Labute approximate surface area is 164 Å². The maximum atomic E-state index is 12.3. The van der Waals surface area contributed by atoms with Gasteiger partial charge in [-0.3, -0.25) is 0 Å². The first-order valence-corrected chi connectivity index (χ1v) is 9.95. The molecule has 1 aliphatic heterocycles. The highest BCUT2D eigenvalue weighted by atomic mass is 16.6. The molecule has 6 nitrogen and oxygen atoms in total. The summed E-state index contributed by atoms with van der Waals surface area (Å²) in [5.74, 6) is 1.03. The summed E-state index contributed by atoms with van der Waals surface area (Å²) >= 11 is 0. The molecule has 0 unspecified atom stereocenters. The number of anilines is 1. The Hall–Kier alpha value is -1.82. The van der Waals surface area contributed by atoms with Crippen molar-refractivity contribution in [3.8, 4) is 0 Å². The van der Waals surface area contributed by atoms with Crippen LogP contribution in [0, 0.1) is 13.8 Å². The van der Waals surface area contributed by atoms with Crippen LogP contribution in [0.25, 0.3) is 0 Å². The second kappa shape index (κ2) is 8.46. The van der Waals surface area contributed by atoms with E-state index in [9.17, 15) is 4.79 Å². The van der Waals surface area contributed by atoms with Gasteiger partial charge in [0.2, 0.25) is 0 Å². The summed E-state index contributed by atoms with van der Waals surface area (Å²) in [4.78, 5) is 21.3. The number of aryl methyl sites for hydroxylation is 2. The molecule has 152 valence electrons. The first-order valence-electron chi connectivity index (χ1n) is 9.95. The monoisotopic (exact) mass is 376 g/mol. The highest BCUT2D eigenvalue weighted by molar-refractivity contribution is 5.68. The number of ether oxygens (including phenoxy) is 1. The smallest absolute Gasteiger partial charge is 0.410 e. The van der Waals surface area contributed by atoms with Crippen LogP contribution in [0.1, 0.15) is 64.4 Å². The van der Waals surface area contributed by atoms with Crippen LogP contribution in [0.5, 0.6) is 0 Å². The van der Waals surface area contributed by atoms with Gasteiger partial charge in [0.25, 0.3) is 0 Å². The molecule has 1 aliphatic rings. The van der Waals surface area contributed by atoms with Gasteiger partial charge >= 0.3 is 6.09 Å². The zero-order chi connectivity index (χ0) is 20.4. The largest absolute Gasteiger partial charge is 0.444 e. The lowest BCUT2D eigenvalue weighted by molar-refractivity contribution is 0.0240. The Morgan fingerprint density at radius 2 is 1.74 bits per heavy atom. The van der Waals surface area contributed by atoms with Crippen LogP contribution in [0.15, 0.2) is 6.07 Å². The van der Waals surface area contributed by atoms with Crippen LogP contribution in [-0.2, 0) is 4.74 Å². The molecule has 0 bridgehead atoms. The van der Waals surface area contributed by atoms with Crippen LogP contribution in [0.3, 0.4) is 0 Å². The number of carbonyl (C=O) groups excluding carboxylic acids is 1. The van der Waals surface area contributed by atoms with Crippen molar-refractivity contribution in [2.75, 3.05) is 31.1 Å². The van der Waals surface area contributed by atoms with Crippen molar-refractivity contribution in [2.24, 2.45) is 0 Å². The molecule has 2 heterocycles. The van der Waals surface area contributed by atoms with Crippen molar-refractivity contribution < 1.29 is 9.53 Å². The Balaban J connectivity index is 2.15. The second-order valence-corrected chi connectivity index (χ2v) is 8.80. The van der Waals surface area contributed by atoms with E-state index in [-0.39, 0.29) is 12.1 Å². The summed E-state index contributed by atoms with van der Waals surface area (Å²) < 4.78 is 5.50. The number of aromatic nitrogens is 1. The number of carbonyl (C=O) groups is 1. The quantitative estimate of drug-likeness (QED) is 0.866. The fourth-order valence-electron chi connectivity index (χ4n) is 3.30. The number of rotatable bonds is 4. The predicted octanol–water partition coefficient (Wildman–Crippen LogP) is 3.81. The van der Waals surface area contributed by atoms with Gasteiger partial charge in [0.05, 0.1) is 0 Å². The van der Waals surface area contributed by atoms with Gasteiger partial charge in [-0.05, 0) is 53.2 Å². The van der Waals surface area contributed by atoms with Gasteiger partial charge in [-0.2, -0.15) is 0 Å². The minimum atomic E-state index is -0.463. The number of nitrogens with one attached hydrogen (secondary N) is 1. The minimum Gasteiger partial charge on any atom is -0.444 e. The third-order valence-corrected chi connectivity index (χ3v) is 4.76. The van der Waals surface area contributed by atoms with E-state index in [4.69, 9.17) is 9.72 Å². The lowest BCUT2D eigenvalue weighted by atomic mass is 10.0. The molecule has 1 aromatic heterocycles. The van der Waals surface area contributed by atoms with Crippen LogP contribution in [0.4, 0.5) is 10.6 Å². The van der Waals surface area contributed by atoms with E-state index in [1.165, 1.54) is 11.1 Å². The standard InChI is InChI=1S/C21H36N4O2/c1-14(2)22-17(5)18-13-15(3)16(4)23-19(18)24-9-11-25(12-10-24)20(26)27-21(6,7)8/h13-14,17,22H,9-12H2,1-8H3/t17-/m0/s1. The van der Waals surface area contributed by atoms with Gasteiger partial charge in [0, 0.05) is 49.5 Å². The van der Waals surface area contributed by atoms with Crippen molar-refractivity contribution >= 4 is 11.9 Å². The summed E-state index contributed by atoms with van der Waals surface area (Å²) in [6.45, 7) is 19.2. The Morgan fingerprint density at radius 1 is 1.15 bits per heavy atom. The zero-order valence-corrected chi connectivity index (χ0v) is 18.2. The number of nitrogens with zero attached hydrogens (tertiary/aromatic N) is 3. The normalized spacial score (nSPS) is 16.6. The van der Waals surface area contributed by atoms with Crippen LogP contribution in [0.2, 0.25) is 0 Å². The molecule has 2 rings (SSSR count). The molecule has 1 N–H and O–H groups in total. The fraction of sp³-hybridized carbons (Fsp3) is 0.714. The molecule has 0 spiro atoms. The lowest BCUT2D eigenvalue weighted by Crippen LogP contribution is -2.50. The maximum Gasteiger partial charge on any atom is 0.410 e. The van der Waals surface area contributed by atoms with Crippen LogP contribution in [-0.4, -0.2) is 53.8 Å². The number of piperazine rings is 1. The summed E-state index contributed by atoms with van der Waals surface area (Å²) in [7, 11) is 0. The predicted molar refractivity (Wildman–Crippen MR) is 110 cm³/mol. The van der Waals surface area contributed by atoms with E-state index in [1.54, 1.807) is 4.90 Å². The van der Waals surface area contributed by atoms with E-state index in [2.05, 4.69) is 50.9 Å². The van der Waals surface area contributed by atoms with E-state index in [0.717, 1.165) is 24.6 Å². The summed E-state index contributed by atoms with van der Waals surface area (Å²) in [6.07, 6.45) is -0.231. The SMILES string of the molecule is Cc1cc([C@H](C)NC(C)C)c(N2CCN(C(=O)OC(C)(C)C)CC2)nc1C. The summed E-state index contributed by atoms with van der Waals surface area (Å²) in [5.41, 5.74) is 3.02. The third kappa shape index (κ3) is 5.83. The Bertz CT molecular complexity index is 659. The third-order valence-electron chi connectivity index (χ3n) is 4.76. The molecule has 0 aliphatic carbocycles. The number of amides is 1. The van der Waals surface area contributed by atoms with Crippen LogP contribution >= 0.6 is 0 Å². The van der Waals surface area contributed by atoms with Gasteiger partial charge < -0.3 is 19.9 Å². The molecule has 6 heteroatoms. The number of hydrogen-bond acceptors (Lipinski definition) is 5. The summed E-state index contributed by atoms with van der Waals surface area (Å²) in [6, 6.07) is 2.87. The van der Waals surface area contributed by atoms with Crippen molar-refractivity contribution in [1.82, 2.24) is 15.2 Å². The van der Waals surface area contributed by atoms with E-state index in [0.29, 0.717) is 19.1 Å². The van der Waals surface area contributed by atoms with Crippen molar-refractivity contribution in [3.63, 3.8) is 0 Å². The molecule has 1 amide bonds. The van der Waals surface area contributed by atoms with Gasteiger partial charge in [-0.15, -0.1) is 0 Å². The number of hydrogen-bond donors (Lipinski definition) is 1. The van der Waals surface area contributed by atoms with E-state index < -0.39 is 5.60 Å². The van der Waals surface area contributed by atoms with Gasteiger partial charge in [-0.25, -0.2) is 9.78 Å². The van der Waals surface area contributed by atoms with Crippen molar-refractivity contribution in [1.29, 1.82) is 0 Å². The molecule has 0 saturated carbocycles. The maximum absolute atomic E-state index is 12.3. The molecular weight excluding hydrogens is 340 g/mol. The molecule has 0 aromatic carbocycles. The Kier molecular flexibility index (Phi) is 6.73. The zero-order valence-electron chi connectivity index (χ0n) is 18.2. The van der Waals surface area contributed by atoms with Gasteiger partial charge in [0.1, 0.15) is 11.4 Å². The average Bonchev–Trinajstić information content (AvgIpc) is 2.55. The van der Waals surface area contributed by atoms with Crippen LogP contribution < -0.4 is 10.2 Å². The molecular formula is C21H36N4O2. The number of pyridine rings is 1. The van der Waals surface area contributed by atoms with E-state index in [1.807, 2.05) is 20.8 Å². The van der Waals surface area contributed by atoms with Gasteiger partial charge in [-0.1, -0.05) is 13.8 Å². The first-order chi connectivity index (χ1) is 12.5. The highest BCUT2D eigenvalue weighted by Gasteiger charge is 2.28. The molecule has 0 radical (unpaired) electrons. The molecule has 27 heavy (non-hydrogen) atoms. The fourth-order valence-corrected chi connectivity index (χ4v) is 3.30. The molecule has 1 aromatic rings. The minimum absolute atomic E-state index is 0.218.